The van der Waals surface area contributed by atoms with Crippen molar-refractivity contribution >= 4 is 11.9 Å². The van der Waals surface area contributed by atoms with Gasteiger partial charge in [0.1, 0.15) is 13.2 Å². The van der Waals surface area contributed by atoms with Gasteiger partial charge in [0.05, 0.1) is 0 Å². The van der Waals surface area contributed by atoms with Gasteiger partial charge in [-0.15, -0.1) is 0 Å². The fourth-order valence-corrected chi connectivity index (χ4v) is 5.40. The van der Waals surface area contributed by atoms with E-state index in [4.69, 9.17) is 15.2 Å². The summed E-state index contributed by atoms with van der Waals surface area (Å²) in [6, 6.07) is 0. The van der Waals surface area contributed by atoms with Crippen LogP contribution in [0, 0.1) is 0 Å². The van der Waals surface area contributed by atoms with Gasteiger partial charge in [0.15, 0.2) is 0 Å². The Bertz CT molecular complexity index is 756. The molecular formula is C42H76N2O4. The summed E-state index contributed by atoms with van der Waals surface area (Å²) in [5.41, 5.74) is 5.76. The highest BCUT2D eigenvalue weighted by Gasteiger charge is 2.09. The van der Waals surface area contributed by atoms with E-state index in [1.165, 1.54) is 77.0 Å². The van der Waals surface area contributed by atoms with Crippen LogP contribution in [0.15, 0.2) is 48.6 Å². The fraction of sp³-hybridized carbons (Fsp3) is 0.762. The Labute approximate surface area is 297 Å². The second kappa shape index (κ2) is 39.3. The molecule has 0 aliphatic carbocycles. The first-order chi connectivity index (χ1) is 23.6. The molecule has 2 N–H and O–H groups in total. The maximum absolute atomic E-state index is 12.1. The maximum atomic E-state index is 12.1. The second-order valence-corrected chi connectivity index (χ2v) is 13.0. The number of carbonyl (C=O) groups excluding carboxylic acids is 2. The van der Waals surface area contributed by atoms with Gasteiger partial charge in [-0.2, -0.15) is 0 Å². The number of esters is 2. The Morgan fingerprint density at radius 2 is 0.833 bits per heavy atom. The van der Waals surface area contributed by atoms with Gasteiger partial charge in [-0.1, -0.05) is 127 Å². The first kappa shape index (κ1) is 45.8. The zero-order chi connectivity index (χ0) is 35.0. The van der Waals surface area contributed by atoms with Gasteiger partial charge in [-0.3, -0.25) is 14.5 Å². The number of unbranched alkanes of at least 4 members (excludes halogenated alkanes) is 16. The van der Waals surface area contributed by atoms with Crippen LogP contribution in [-0.2, 0) is 19.1 Å². The molecule has 0 heterocycles. The molecule has 0 aromatic carbocycles. The average molecular weight is 673 g/mol. The summed E-state index contributed by atoms with van der Waals surface area (Å²) in [6.07, 6.45) is 44.9. The Balaban J connectivity index is 3.68. The smallest absolute Gasteiger partial charge is 0.305 e. The van der Waals surface area contributed by atoms with Crippen molar-refractivity contribution in [3.05, 3.63) is 48.6 Å². The summed E-state index contributed by atoms with van der Waals surface area (Å²) in [5.74, 6) is -0.255. The molecule has 0 fully saturated rings. The third-order valence-electron chi connectivity index (χ3n) is 8.45. The fourth-order valence-electron chi connectivity index (χ4n) is 5.40. The molecule has 0 rings (SSSR count). The van der Waals surface area contributed by atoms with E-state index in [-0.39, 0.29) is 11.9 Å². The lowest BCUT2D eigenvalue weighted by Crippen LogP contribution is -2.35. The molecule has 0 saturated carbocycles. The van der Waals surface area contributed by atoms with E-state index in [0.717, 1.165) is 64.2 Å². The van der Waals surface area contributed by atoms with Crippen molar-refractivity contribution in [3.63, 3.8) is 0 Å². The quantitative estimate of drug-likeness (QED) is 0.0405. The van der Waals surface area contributed by atoms with E-state index in [0.29, 0.717) is 52.2 Å². The van der Waals surface area contributed by atoms with Gasteiger partial charge in [0.25, 0.3) is 0 Å². The SMILES string of the molecule is CCCCC/C=C\C/C=C\CCCCCCCC(=O)OCCN(CCN)CCOC(=O)CCCCCCC/C=C\C/C=C\CCCCC. The van der Waals surface area contributed by atoms with Crippen molar-refractivity contribution in [3.8, 4) is 0 Å². The predicted octanol–water partition coefficient (Wildman–Crippen LogP) is 11.0. The lowest BCUT2D eigenvalue weighted by atomic mass is 10.1. The minimum atomic E-state index is -0.128. The molecule has 0 aromatic rings. The van der Waals surface area contributed by atoms with Gasteiger partial charge >= 0.3 is 11.9 Å². The van der Waals surface area contributed by atoms with Crippen molar-refractivity contribution in [2.24, 2.45) is 5.73 Å². The van der Waals surface area contributed by atoms with Crippen molar-refractivity contribution in [2.75, 3.05) is 39.4 Å². The number of hydrogen-bond acceptors (Lipinski definition) is 6. The highest BCUT2D eigenvalue weighted by molar-refractivity contribution is 5.69. The number of rotatable bonds is 36. The normalized spacial score (nSPS) is 12.1. The topological polar surface area (TPSA) is 81.9 Å². The summed E-state index contributed by atoms with van der Waals surface area (Å²) in [6.45, 7) is 7.58. The summed E-state index contributed by atoms with van der Waals surface area (Å²) < 4.78 is 10.9. The van der Waals surface area contributed by atoms with Crippen LogP contribution in [0.3, 0.4) is 0 Å². The molecule has 48 heavy (non-hydrogen) atoms. The standard InChI is InChI=1S/C42H76N2O4/c1-3-5-7-9-11-13-15-17-19-21-23-25-27-29-31-33-41(45)47-39-37-44(36-35-43)38-40-48-42(46)34-32-30-28-26-24-22-20-18-16-14-12-10-8-6-4-2/h11-14,17-20H,3-10,15-16,21-40,43H2,1-2H3/b13-11-,14-12-,19-17-,20-18-. The van der Waals surface area contributed by atoms with Crippen molar-refractivity contribution in [1.29, 1.82) is 0 Å². The van der Waals surface area contributed by atoms with E-state index in [1.807, 2.05) is 0 Å². The number of nitrogens with zero attached hydrogens (tertiary/aromatic N) is 1. The van der Waals surface area contributed by atoms with Gasteiger partial charge in [0.2, 0.25) is 0 Å². The Hall–Kier alpha value is -2.18. The third kappa shape index (κ3) is 36.7. The highest BCUT2D eigenvalue weighted by atomic mass is 16.5. The van der Waals surface area contributed by atoms with E-state index in [1.54, 1.807) is 0 Å². The minimum Gasteiger partial charge on any atom is -0.464 e. The molecular weight excluding hydrogens is 596 g/mol. The molecule has 0 aliphatic heterocycles. The largest absolute Gasteiger partial charge is 0.464 e. The molecule has 278 valence electrons. The van der Waals surface area contributed by atoms with Crippen LogP contribution in [0.25, 0.3) is 0 Å². The van der Waals surface area contributed by atoms with Crippen LogP contribution in [0.4, 0.5) is 0 Å². The first-order valence-electron chi connectivity index (χ1n) is 20.0. The highest BCUT2D eigenvalue weighted by Crippen LogP contribution is 2.10. The second-order valence-electron chi connectivity index (χ2n) is 13.0. The monoisotopic (exact) mass is 673 g/mol. The van der Waals surface area contributed by atoms with Crippen molar-refractivity contribution < 1.29 is 19.1 Å². The number of hydrogen-bond donors (Lipinski definition) is 1. The van der Waals surface area contributed by atoms with Gasteiger partial charge in [-0.05, 0) is 77.0 Å². The molecule has 0 atom stereocenters. The molecule has 0 aromatic heterocycles. The lowest BCUT2D eigenvalue weighted by molar-refractivity contribution is -0.144. The summed E-state index contributed by atoms with van der Waals surface area (Å²) in [7, 11) is 0. The summed E-state index contributed by atoms with van der Waals surface area (Å²) >= 11 is 0. The van der Waals surface area contributed by atoms with Crippen LogP contribution in [0.1, 0.15) is 168 Å². The molecule has 0 saturated heterocycles. The molecule has 0 radical (unpaired) electrons. The van der Waals surface area contributed by atoms with Crippen molar-refractivity contribution in [2.45, 2.75) is 168 Å². The third-order valence-corrected chi connectivity index (χ3v) is 8.45. The molecule has 6 heteroatoms. The van der Waals surface area contributed by atoms with Gasteiger partial charge < -0.3 is 15.2 Å². The van der Waals surface area contributed by atoms with Gasteiger partial charge in [0, 0.05) is 39.0 Å². The van der Waals surface area contributed by atoms with Crippen molar-refractivity contribution in [1.82, 2.24) is 4.90 Å². The molecule has 0 aliphatic rings. The molecule has 0 spiro atoms. The van der Waals surface area contributed by atoms with Crippen LogP contribution in [0.5, 0.6) is 0 Å². The number of carbonyl (C=O) groups is 2. The van der Waals surface area contributed by atoms with Crippen LogP contribution in [-0.4, -0.2) is 56.2 Å². The first-order valence-corrected chi connectivity index (χ1v) is 20.0. The Morgan fingerprint density at radius 3 is 1.21 bits per heavy atom. The maximum Gasteiger partial charge on any atom is 0.305 e. The van der Waals surface area contributed by atoms with E-state index in [9.17, 15) is 9.59 Å². The Kier molecular flexibility index (Phi) is 37.5. The van der Waals surface area contributed by atoms with E-state index < -0.39 is 0 Å². The number of allylic oxidation sites excluding steroid dienone is 8. The van der Waals surface area contributed by atoms with E-state index in [2.05, 4.69) is 67.4 Å². The van der Waals surface area contributed by atoms with Crippen LogP contribution >= 0.6 is 0 Å². The van der Waals surface area contributed by atoms with Crippen LogP contribution in [0.2, 0.25) is 0 Å². The zero-order valence-corrected chi connectivity index (χ0v) is 31.5. The lowest BCUT2D eigenvalue weighted by Gasteiger charge is -2.21. The van der Waals surface area contributed by atoms with Crippen LogP contribution < -0.4 is 5.73 Å². The average Bonchev–Trinajstić information content (AvgIpc) is 3.08. The zero-order valence-electron chi connectivity index (χ0n) is 31.5. The summed E-state index contributed by atoms with van der Waals surface area (Å²) in [4.78, 5) is 26.4. The number of ether oxygens (including phenoxy) is 2. The predicted molar refractivity (Wildman–Crippen MR) is 206 cm³/mol. The molecule has 6 nitrogen and oxygen atoms in total. The number of nitrogens with two attached hydrogens (primary N) is 1. The molecule has 0 unspecified atom stereocenters. The van der Waals surface area contributed by atoms with E-state index >= 15 is 0 Å². The van der Waals surface area contributed by atoms with Gasteiger partial charge in [-0.25, -0.2) is 0 Å². The molecule has 0 amide bonds. The minimum absolute atomic E-state index is 0.128. The Morgan fingerprint density at radius 1 is 0.479 bits per heavy atom. The summed E-state index contributed by atoms with van der Waals surface area (Å²) in [5, 5.41) is 0. The molecule has 0 bridgehead atoms.